The number of hydrogen-bond donors (Lipinski definition) is 0. The second-order valence-electron chi connectivity index (χ2n) is 10.4. The van der Waals surface area contributed by atoms with Gasteiger partial charge in [-0.15, -0.1) is 0 Å². The Morgan fingerprint density at radius 2 is 1.46 bits per heavy atom. The second-order valence-corrected chi connectivity index (χ2v) is 10.4. The second kappa shape index (κ2) is 14.8. The van der Waals surface area contributed by atoms with Gasteiger partial charge in [0.05, 0.1) is 6.54 Å². The third-order valence-electron chi connectivity index (χ3n) is 6.76. The molecule has 0 radical (unpaired) electrons. The van der Waals surface area contributed by atoms with Crippen LogP contribution >= 0.6 is 0 Å². The molecular formula is C33H37N3O5. The lowest BCUT2D eigenvalue weighted by atomic mass is 10.1. The molecule has 3 aromatic carbocycles. The Morgan fingerprint density at radius 3 is 2.10 bits per heavy atom. The van der Waals surface area contributed by atoms with Crippen LogP contribution in [0.5, 0.6) is 0 Å². The maximum Gasteiger partial charge on any atom is 0.418 e. The van der Waals surface area contributed by atoms with E-state index in [0.717, 1.165) is 26.5 Å². The minimum Gasteiger partial charge on any atom is -0.464 e. The highest BCUT2D eigenvalue weighted by Gasteiger charge is 2.37. The summed E-state index contributed by atoms with van der Waals surface area (Å²) in [5, 5.41) is 0. The third-order valence-corrected chi connectivity index (χ3v) is 6.76. The van der Waals surface area contributed by atoms with Crippen molar-refractivity contribution < 1.29 is 23.9 Å². The molecule has 1 atom stereocenters. The summed E-state index contributed by atoms with van der Waals surface area (Å²) in [5.41, 5.74) is 2.78. The summed E-state index contributed by atoms with van der Waals surface area (Å²) < 4.78 is 11.4. The molecule has 8 heteroatoms. The quantitative estimate of drug-likeness (QED) is 0.272. The number of rotatable bonds is 11. The van der Waals surface area contributed by atoms with Gasteiger partial charge < -0.3 is 9.47 Å². The molecule has 3 aromatic rings. The van der Waals surface area contributed by atoms with Gasteiger partial charge in [0.1, 0.15) is 12.7 Å². The van der Waals surface area contributed by atoms with Crippen LogP contribution in [0.1, 0.15) is 49.5 Å². The molecule has 1 unspecified atom stereocenters. The molecular weight excluding hydrogens is 518 g/mol. The van der Waals surface area contributed by atoms with Crippen LogP contribution in [0.2, 0.25) is 0 Å². The van der Waals surface area contributed by atoms with E-state index in [1.165, 1.54) is 0 Å². The third kappa shape index (κ3) is 8.51. The van der Waals surface area contributed by atoms with Gasteiger partial charge in [-0.2, -0.15) is 0 Å². The fourth-order valence-electron chi connectivity index (χ4n) is 4.42. The van der Waals surface area contributed by atoms with Crippen LogP contribution in [-0.2, 0) is 27.3 Å². The summed E-state index contributed by atoms with van der Waals surface area (Å²) in [7, 11) is 0. The van der Waals surface area contributed by atoms with Gasteiger partial charge in [-0.3, -0.25) is 9.69 Å². The van der Waals surface area contributed by atoms with Crippen molar-refractivity contribution in [3.05, 3.63) is 108 Å². The highest BCUT2D eigenvalue weighted by Crippen LogP contribution is 2.24. The SMILES string of the molecule is CC(C)CCN(C(=O)OCc1ccccc1)C(=O)N(CCCc1ccccc1)C(=O)C1=NCC(c2ccccc2)O1. The summed E-state index contributed by atoms with van der Waals surface area (Å²) in [6, 6.07) is 27.9. The van der Waals surface area contributed by atoms with Gasteiger partial charge in [0.2, 0.25) is 0 Å². The van der Waals surface area contributed by atoms with Gasteiger partial charge in [0, 0.05) is 13.1 Å². The van der Waals surface area contributed by atoms with Gasteiger partial charge in [-0.05, 0) is 41.9 Å². The topological polar surface area (TPSA) is 88.5 Å². The van der Waals surface area contributed by atoms with E-state index >= 15 is 0 Å². The fourth-order valence-corrected chi connectivity index (χ4v) is 4.42. The molecule has 0 bridgehead atoms. The van der Waals surface area contributed by atoms with E-state index in [1.807, 2.05) is 105 Å². The van der Waals surface area contributed by atoms with E-state index in [-0.39, 0.29) is 38.1 Å². The van der Waals surface area contributed by atoms with E-state index in [2.05, 4.69) is 4.99 Å². The summed E-state index contributed by atoms with van der Waals surface area (Å²) in [6.07, 6.45) is 0.517. The summed E-state index contributed by atoms with van der Waals surface area (Å²) in [5.74, 6) is -0.566. The number of nitrogens with zero attached hydrogens (tertiary/aromatic N) is 3. The number of hydrogen-bond acceptors (Lipinski definition) is 6. The van der Waals surface area contributed by atoms with Gasteiger partial charge in [0.25, 0.3) is 5.90 Å². The highest BCUT2D eigenvalue weighted by atomic mass is 16.6. The Morgan fingerprint density at radius 1 is 0.854 bits per heavy atom. The fraction of sp³-hybridized carbons (Fsp3) is 0.333. The molecule has 0 fully saturated rings. The molecule has 0 saturated carbocycles. The molecule has 214 valence electrons. The van der Waals surface area contributed by atoms with E-state index in [4.69, 9.17) is 9.47 Å². The predicted octanol–water partition coefficient (Wildman–Crippen LogP) is 6.42. The maximum absolute atomic E-state index is 13.9. The zero-order chi connectivity index (χ0) is 29.0. The molecule has 0 aromatic heterocycles. The molecule has 1 heterocycles. The minimum absolute atomic E-state index is 0.0155. The lowest BCUT2D eigenvalue weighted by Gasteiger charge is -2.28. The molecule has 0 N–H and O–H groups in total. The molecule has 0 aliphatic carbocycles. The van der Waals surface area contributed by atoms with E-state index in [0.29, 0.717) is 19.3 Å². The first kappa shape index (κ1) is 29.5. The number of carbonyl (C=O) groups excluding carboxylic acids is 3. The average Bonchev–Trinajstić information content (AvgIpc) is 3.50. The van der Waals surface area contributed by atoms with Crippen LogP contribution in [0.4, 0.5) is 9.59 Å². The molecule has 1 aliphatic rings. The van der Waals surface area contributed by atoms with E-state index in [9.17, 15) is 14.4 Å². The van der Waals surface area contributed by atoms with Crippen LogP contribution in [0.3, 0.4) is 0 Å². The van der Waals surface area contributed by atoms with Crippen LogP contribution < -0.4 is 0 Å². The molecule has 41 heavy (non-hydrogen) atoms. The Balaban J connectivity index is 1.52. The number of imide groups is 2. The average molecular weight is 556 g/mol. The summed E-state index contributed by atoms with van der Waals surface area (Å²) in [4.78, 5) is 47.3. The Labute approximate surface area is 241 Å². The maximum atomic E-state index is 13.9. The number of aryl methyl sites for hydroxylation is 1. The zero-order valence-electron chi connectivity index (χ0n) is 23.6. The first-order valence-electron chi connectivity index (χ1n) is 14.1. The summed E-state index contributed by atoms with van der Waals surface area (Å²) >= 11 is 0. The van der Waals surface area contributed by atoms with Crippen molar-refractivity contribution in [2.24, 2.45) is 10.9 Å². The smallest absolute Gasteiger partial charge is 0.418 e. The van der Waals surface area contributed by atoms with Crippen LogP contribution in [0, 0.1) is 5.92 Å². The van der Waals surface area contributed by atoms with Crippen molar-refractivity contribution in [1.82, 2.24) is 9.80 Å². The number of aliphatic imine (C=N–C) groups is 1. The number of amides is 4. The molecule has 1 aliphatic heterocycles. The largest absolute Gasteiger partial charge is 0.464 e. The van der Waals surface area contributed by atoms with Crippen molar-refractivity contribution in [3.8, 4) is 0 Å². The highest BCUT2D eigenvalue weighted by molar-refractivity contribution is 6.38. The monoisotopic (exact) mass is 555 g/mol. The van der Waals surface area contributed by atoms with Gasteiger partial charge in [-0.25, -0.2) is 19.5 Å². The zero-order valence-corrected chi connectivity index (χ0v) is 23.6. The van der Waals surface area contributed by atoms with Gasteiger partial charge in [-0.1, -0.05) is 105 Å². The molecule has 8 nitrogen and oxygen atoms in total. The summed E-state index contributed by atoms with van der Waals surface area (Å²) in [6.45, 7) is 4.51. The van der Waals surface area contributed by atoms with Gasteiger partial charge >= 0.3 is 18.0 Å². The van der Waals surface area contributed by atoms with Gasteiger partial charge in [0.15, 0.2) is 0 Å². The number of ether oxygens (including phenoxy) is 2. The van der Waals surface area contributed by atoms with Crippen LogP contribution in [0.15, 0.2) is 96.0 Å². The molecule has 4 rings (SSSR count). The van der Waals surface area contributed by atoms with Crippen molar-refractivity contribution in [3.63, 3.8) is 0 Å². The lowest BCUT2D eigenvalue weighted by Crippen LogP contribution is -2.51. The van der Waals surface area contributed by atoms with Crippen molar-refractivity contribution >= 4 is 23.9 Å². The van der Waals surface area contributed by atoms with Crippen LogP contribution in [-0.4, -0.2) is 53.4 Å². The molecule has 0 saturated heterocycles. The van der Waals surface area contributed by atoms with Crippen LogP contribution in [0.25, 0.3) is 0 Å². The lowest BCUT2D eigenvalue weighted by molar-refractivity contribution is -0.123. The Kier molecular flexibility index (Phi) is 10.7. The van der Waals surface area contributed by atoms with E-state index in [1.54, 1.807) is 0 Å². The first-order valence-corrected chi connectivity index (χ1v) is 14.1. The van der Waals surface area contributed by atoms with E-state index < -0.39 is 24.1 Å². The number of urea groups is 1. The molecule has 4 amide bonds. The van der Waals surface area contributed by atoms with Crippen molar-refractivity contribution in [2.75, 3.05) is 19.6 Å². The molecule has 0 spiro atoms. The first-order chi connectivity index (χ1) is 19.9. The van der Waals surface area contributed by atoms with Crippen molar-refractivity contribution in [1.29, 1.82) is 0 Å². The number of benzene rings is 3. The minimum atomic E-state index is -0.795. The number of carbonyl (C=O) groups is 3. The standard InChI is InChI=1S/C33H37N3O5/c1-25(2)20-22-36(33(39)40-24-27-15-8-4-9-16-27)32(38)35(21-12-17-26-13-6-3-7-14-26)31(37)30-34-23-29(41-30)28-18-10-5-11-19-28/h3-11,13-16,18-19,25,29H,12,17,20-24H2,1-2H3. The predicted molar refractivity (Wildman–Crippen MR) is 157 cm³/mol. The van der Waals surface area contributed by atoms with Crippen molar-refractivity contribution in [2.45, 2.75) is 45.8 Å². The normalized spacial score (nSPS) is 14.2. The Bertz CT molecular complexity index is 1310. The Hall–Kier alpha value is -4.46.